The van der Waals surface area contributed by atoms with Crippen molar-refractivity contribution in [3.05, 3.63) is 22.4 Å². The van der Waals surface area contributed by atoms with Crippen molar-refractivity contribution >= 4 is 11.3 Å². The summed E-state index contributed by atoms with van der Waals surface area (Å²) in [5, 5.41) is 5.91. The Morgan fingerprint density at radius 1 is 1.45 bits per heavy atom. The van der Waals surface area contributed by atoms with Gasteiger partial charge in [0.05, 0.1) is 0 Å². The van der Waals surface area contributed by atoms with Crippen molar-refractivity contribution in [3.8, 4) is 0 Å². The highest BCUT2D eigenvalue weighted by atomic mass is 32.1. The van der Waals surface area contributed by atoms with Crippen LogP contribution in [0.15, 0.2) is 17.5 Å². The molecule has 1 atom stereocenters. The van der Waals surface area contributed by atoms with Crippen LogP contribution >= 0.6 is 11.3 Å². The number of hydrogen-bond acceptors (Lipinski definition) is 3. The third kappa shape index (κ3) is 5.55. The van der Waals surface area contributed by atoms with E-state index in [1.165, 1.54) is 56.6 Å². The molecule has 1 fully saturated rings. The van der Waals surface area contributed by atoms with Crippen molar-refractivity contribution in [3.63, 3.8) is 0 Å². The van der Waals surface area contributed by atoms with E-state index < -0.39 is 0 Å². The molecule has 1 aromatic heterocycles. The fourth-order valence-electron chi connectivity index (χ4n) is 2.99. The quantitative estimate of drug-likeness (QED) is 0.706. The molecule has 114 valence electrons. The van der Waals surface area contributed by atoms with Crippen molar-refractivity contribution in [1.82, 2.24) is 10.2 Å². The van der Waals surface area contributed by atoms with E-state index >= 15 is 0 Å². The highest BCUT2D eigenvalue weighted by molar-refractivity contribution is 7.09. The van der Waals surface area contributed by atoms with Crippen molar-refractivity contribution < 1.29 is 0 Å². The first-order valence-electron chi connectivity index (χ1n) is 8.05. The van der Waals surface area contributed by atoms with Crippen molar-refractivity contribution in [2.24, 2.45) is 5.41 Å². The molecular formula is C17H30N2S. The lowest BCUT2D eigenvalue weighted by Gasteiger charge is -2.34. The maximum Gasteiger partial charge on any atom is 0.00684 e. The summed E-state index contributed by atoms with van der Waals surface area (Å²) in [7, 11) is 2.28. The number of nitrogens with zero attached hydrogens (tertiary/aromatic N) is 1. The molecule has 1 saturated carbocycles. The summed E-state index contributed by atoms with van der Waals surface area (Å²) in [5.74, 6) is 0. The van der Waals surface area contributed by atoms with Crippen LogP contribution in [0.5, 0.6) is 0 Å². The van der Waals surface area contributed by atoms with Gasteiger partial charge in [0.2, 0.25) is 0 Å². The normalized spacial score (nSPS) is 18.4. The molecule has 1 aromatic rings. The Bertz CT molecular complexity index is 372. The minimum Gasteiger partial charge on any atom is -0.313 e. The van der Waals surface area contributed by atoms with Crippen molar-refractivity contribution in [2.45, 2.75) is 52.0 Å². The zero-order chi connectivity index (χ0) is 14.4. The van der Waals surface area contributed by atoms with Gasteiger partial charge in [-0.25, -0.2) is 0 Å². The first kappa shape index (κ1) is 16.0. The van der Waals surface area contributed by atoms with Gasteiger partial charge in [0.25, 0.3) is 0 Å². The monoisotopic (exact) mass is 294 g/mol. The molecule has 1 heterocycles. The first-order valence-corrected chi connectivity index (χ1v) is 8.93. The Morgan fingerprint density at radius 3 is 2.85 bits per heavy atom. The molecule has 1 aliphatic rings. The Morgan fingerprint density at radius 2 is 2.25 bits per heavy atom. The van der Waals surface area contributed by atoms with Crippen LogP contribution < -0.4 is 5.32 Å². The first-order chi connectivity index (χ1) is 9.61. The average molecular weight is 295 g/mol. The molecule has 2 nitrogen and oxygen atoms in total. The van der Waals surface area contributed by atoms with Crippen LogP contribution in [0.2, 0.25) is 0 Å². The van der Waals surface area contributed by atoms with Crippen LogP contribution in [0.1, 0.15) is 44.4 Å². The summed E-state index contributed by atoms with van der Waals surface area (Å²) in [6, 6.07) is 5.22. The highest BCUT2D eigenvalue weighted by Gasteiger charge is 2.28. The van der Waals surface area contributed by atoms with E-state index in [2.05, 4.69) is 48.6 Å². The van der Waals surface area contributed by atoms with Gasteiger partial charge in [-0.15, -0.1) is 11.3 Å². The van der Waals surface area contributed by atoms with Crippen LogP contribution in [0.3, 0.4) is 0 Å². The van der Waals surface area contributed by atoms with Gasteiger partial charge in [-0.2, -0.15) is 0 Å². The van der Waals surface area contributed by atoms with E-state index in [4.69, 9.17) is 0 Å². The van der Waals surface area contributed by atoms with Gasteiger partial charge in [-0.3, -0.25) is 0 Å². The molecule has 0 spiro atoms. The fourth-order valence-corrected chi connectivity index (χ4v) is 3.69. The minimum absolute atomic E-state index is 0.418. The molecule has 1 unspecified atom stereocenters. The lowest BCUT2D eigenvalue weighted by atomic mass is 9.84. The summed E-state index contributed by atoms with van der Waals surface area (Å²) in [5.41, 5.74) is 0.418. The average Bonchev–Trinajstić information content (AvgIpc) is 3.09. The van der Waals surface area contributed by atoms with Gasteiger partial charge in [0.1, 0.15) is 0 Å². The minimum atomic E-state index is 0.418. The SMILES string of the molecule is CCCC(C)(CNC1CC1)CN(C)CCc1cccs1. The molecule has 1 aliphatic carbocycles. The predicted octanol–water partition coefficient (Wildman–Crippen LogP) is 3.78. The molecule has 0 saturated heterocycles. The number of thiophene rings is 1. The van der Waals surface area contributed by atoms with E-state index in [1.54, 1.807) is 0 Å². The van der Waals surface area contributed by atoms with Crippen molar-refractivity contribution in [1.29, 1.82) is 0 Å². The lowest BCUT2D eigenvalue weighted by molar-refractivity contribution is 0.174. The van der Waals surface area contributed by atoms with Gasteiger partial charge < -0.3 is 10.2 Å². The van der Waals surface area contributed by atoms with Crippen LogP contribution in [0.25, 0.3) is 0 Å². The van der Waals surface area contributed by atoms with Crippen LogP contribution in [0, 0.1) is 5.41 Å². The van der Waals surface area contributed by atoms with Crippen LogP contribution in [-0.2, 0) is 6.42 Å². The molecule has 0 radical (unpaired) electrons. The summed E-state index contributed by atoms with van der Waals surface area (Å²) < 4.78 is 0. The zero-order valence-electron chi connectivity index (χ0n) is 13.3. The second-order valence-corrected chi connectivity index (χ2v) is 7.82. The smallest absolute Gasteiger partial charge is 0.00684 e. The summed E-state index contributed by atoms with van der Waals surface area (Å²) in [4.78, 5) is 4.02. The standard InChI is InChI=1S/C17H30N2S/c1-4-10-17(2,13-18-15-7-8-15)14-19(3)11-9-16-6-5-12-20-16/h5-6,12,15,18H,4,7-11,13-14H2,1-3H3. The van der Waals surface area contributed by atoms with E-state index in [0.29, 0.717) is 5.41 Å². The Kier molecular flexibility index (Phi) is 6.06. The second-order valence-electron chi connectivity index (χ2n) is 6.78. The zero-order valence-corrected chi connectivity index (χ0v) is 14.1. The Hall–Kier alpha value is -0.380. The van der Waals surface area contributed by atoms with Gasteiger partial charge in [-0.1, -0.05) is 26.3 Å². The molecule has 2 rings (SSSR count). The van der Waals surface area contributed by atoms with Crippen molar-refractivity contribution in [2.75, 3.05) is 26.7 Å². The Balaban J connectivity index is 1.75. The van der Waals surface area contributed by atoms with Crippen LogP contribution in [-0.4, -0.2) is 37.6 Å². The number of nitrogens with one attached hydrogen (secondary N) is 1. The molecule has 0 aliphatic heterocycles. The molecule has 20 heavy (non-hydrogen) atoms. The third-order valence-electron chi connectivity index (χ3n) is 4.22. The Labute approximate surface area is 128 Å². The fraction of sp³-hybridized carbons (Fsp3) is 0.765. The summed E-state index contributed by atoms with van der Waals surface area (Å²) >= 11 is 1.88. The summed E-state index contributed by atoms with van der Waals surface area (Å²) in [6.45, 7) is 8.30. The van der Waals surface area contributed by atoms with E-state index in [-0.39, 0.29) is 0 Å². The number of likely N-dealkylation sites (N-methyl/N-ethyl adjacent to an activating group) is 1. The number of hydrogen-bond donors (Lipinski definition) is 1. The molecule has 1 N–H and O–H groups in total. The summed E-state index contributed by atoms with van der Waals surface area (Å²) in [6.07, 6.45) is 6.55. The maximum absolute atomic E-state index is 3.73. The van der Waals surface area contributed by atoms with Gasteiger partial charge >= 0.3 is 0 Å². The van der Waals surface area contributed by atoms with E-state index in [1.807, 2.05) is 11.3 Å². The molecule has 0 aromatic carbocycles. The molecule has 3 heteroatoms. The largest absolute Gasteiger partial charge is 0.313 e. The van der Waals surface area contributed by atoms with Crippen LogP contribution in [0.4, 0.5) is 0 Å². The van der Waals surface area contributed by atoms with Gasteiger partial charge in [0, 0.05) is 30.6 Å². The van der Waals surface area contributed by atoms with Gasteiger partial charge in [0.15, 0.2) is 0 Å². The van der Waals surface area contributed by atoms with E-state index in [9.17, 15) is 0 Å². The lowest BCUT2D eigenvalue weighted by Crippen LogP contribution is -2.42. The van der Waals surface area contributed by atoms with E-state index in [0.717, 1.165) is 6.04 Å². The highest BCUT2D eigenvalue weighted by Crippen LogP contribution is 2.26. The topological polar surface area (TPSA) is 15.3 Å². The number of rotatable bonds is 10. The maximum atomic E-state index is 3.73. The molecule has 0 amide bonds. The third-order valence-corrected chi connectivity index (χ3v) is 5.16. The van der Waals surface area contributed by atoms with Gasteiger partial charge in [-0.05, 0) is 49.6 Å². The molecule has 0 bridgehead atoms. The predicted molar refractivity (Wildman–Crippen MR) is 89.6 cm³/mol. The molecular weight excluding hydrogens is 264 g/mol. The second kappa shape index (κ2) is 7.58.